The van der Waals surface area contributed by atoms with Gasteiger partial charge in [-0.1, -0.05) is 36.7 Å². The quantitative estimate of drug-likeness (QED) is 0.925. The van der Waals surface area contributed by atoms with Gasteiger partial charge in [0, 0.05) is 29.1 Å². The third-order valence-electron chi connectivity index (χ3n) is 4.02. The van der Waals surface area contributed by atoms with E-state index in [0.717, 1.165) is 27.8 Å². The minimum absolute atomic E-state index is 0.440. The van der Waals surface area contributed by atoms with Gasteiger partial charge in [0.2, 0.25) is 0 Å². The second-order valence-electron chi connectivity index (χ2n) is 5.38. The maximum absolute atomic E-state index is 6.32. The number of hydrogen-bond donors (Lipinski definition) is 1. The van der Waals surface area contributed by atoms with Crippen LogP contribution in [0.3, 0.4) is 0 Å². The Morgan fingerprint density at radius 1 is 1.37 bits per heavy atom. The first kappa shape index (κ1) is 12.5. The molecule has 4 heteroatoms. The van der Waals surface area contributed by atoms with E-state index in [9.17, 15) is 0 Å². The van der Waals surface area contributed by atoms with E-state index in [1.54, 1.807) is 4.68 Å². The van der Waals surface area contributed by atoms with Crippen molar-refractivity contribution >= 4 is 17.4 Å². The van der Waals surface area contributed by atoms with E-state index < -0.39 is 0 Å². The number of anilines is 1. The smallest absolute Gasteiger partial charge is 0.129 e. The molecule has 0 spiro atoms. The molecule has 1 fully saturated rings. The van der Waals surface area contributed by atoms with Crippen LogP contribution in [0.15, 0.2) is 24.3 Å². The molecule has 1 aromatic heterocycles. The SMILES string of the molecule is CC(c1nn(C)c(N)c1-c1ccccc1Cl)C1CC1. The van der Waals surface area contributed by atoms with Crippen LogP contribution < -0.4 is 5.73 Å². The van der Waals surface area contributed by atoms with Crippen molar-refractivity contribution in [2.24, 2.45) is 13.0 Å². The van der Waals surface area contributed by atoms with Crippen LogP contribution in [0.25, 0.3) is 11.1 Å². The largest absolute Gasteiger partial charge is 0.383 e. The van der Waals surface area contributed by atoms with Crippen LogP contribution in [-0.2, 0) is 7.05 Å². The monoisotopic (exact) mass is 275 g/mol. The first-order valence-corrected chi connectivity index (χ1v) is 7.04. The molecular formula is C15H18ClN3. The minimum Gasteiger partial charge on any atom is -0.383 e. The van der Waals surface area contributed by atoms with E-state index >= 15 is 0 Å². The zero-order chi connectivity index (χ0) is 13.6. The first-order valence-electron chi connectivity index (χ1n) is 6.67. The number of rotatable bonds is 3. The summed E-state index contributed by atoms with van der Waals surface area (Å²) in [7, 11) is 1.89. The highest BCUT2D eigenvalue weighted by Gasteiger charge is 2.33. The van der Waals surface area contributed by atoms with Crippen molar-refractivity contribution in [3.63, 3.8) is 0 Å². The van der Waals surface area contributed by atoms with Gasteiger partial charge >= 0.3 is 0 Å². The lowest BCUT2D eigenvalue weighted by Gasteiger charge is -2.11. The molecule has 1 saturated carbocycles. The van der Waals surface area contributed by atoms with Gasteiger partial charge in [0.15, 0.2) is 0 Å². The second-order valence-corrected chi connectivity index (χ2v) is 5.78. The zero-order valence-corrected chi connectivity index (χ0v) is 12.0. The molecule has 1 aromatic carbocycles. The molecule has 2 aromatic rings. The highest BCUT2D eigenvalue weighted by Crippen LogP contribution is 2.46. The summed E-state index contributed by atoms with van der Waals surface area (Å²) in [6.07, 6.45) is 2.58. The highest BCUT2D eigenvalue weighted by atomic mass is 35.5. The van der Waals surface area contributed by atoms with Crippen LogP contribution in [0.1, 0.15) is 31.4 Å². The fraction of sp³-hybridized carbons (Fsp3) is 0.400. The first-order chi connectivity index (χ1) is 9.09. The van der Waals surface area contributed by atoms with E-state index in [4.69, 9.17) is 17.3 Å². The molecule has 19 heavy (non-hydrogen) atoms. The molecule has 1 atom stereocenters. The van der Waals surface area contributed by atoms with Gasteiger partial charge in [0.25, 0.3) is 0 Å². The van der Waals surface area contributed by atoms with E-state index in [0.29, 0.717) is 11.7 Å². The van der Waals surface area contributed by atoms with Gasteiger partial charge in [0.1, 0.15) is 5.82 Å². The summed E-state index contributed by atoms with van der Waals surface area (Å²) < 4.78 is 1.76. The maximum Gasteiger partial charge on any atom is 0.129 e. The van der Waals surface area contributed by atoms with Crippen molar-refractivity contribution < 1.29 is 0 Å². The number of nitrogen functional groups attached to an aromatic ring is 1. The summed E-state index contributed by atoms with van der Waals surface area (Å²) in [6.45, 7) is 2.24. The van der Waals surface area contributed by atoms with E-state index in [1.165, 1.54) is 12.8 Å². The highest BCUT2D eigenvalue weighted by molar-refractivity contribution is 6.33. The lowest BCUT2D eigenvalue weighted by molar-refractivity contribution is 0.622. The van der Waals surface area contributed by atoms with Crippen LogP contribution in [0.2, 0.25) is 5.02 Å². The van der Waals surface area contributed by atoms with Crippen LogP contribution in [0, 0.1) is 5.92 Å². The fourth-order valence-corrected chi connectivity index (χ4v) is 2.87. The van der Waals surface area contributed by atoms with Crippen LogP contribution in [0.5, 0.6) is 0 Å². The third-order valence-corrected chi connectivity index (χ3v) is 4.35. The van der Waals surface area contributed by atoms with Gasteiger partial charge in [-0.3, -0.25) is 4.68 Å². The van der Waals surface area contributed by atoms with Crippen molar-refractivity contribution in [1.82, 2.24) is 9.78 Å². The van der Waals surface area contributed by atoms with Gasteiger partial charge in [-0.2, -0.15) is 5.10 Å². The van der Waals surface area contributed by atoms with Crippen LogP contribution in [-0.4, -0.2) is 9.78 Å². The summed E-state index contributed by atoms with van der Waals surface area (Å²) in [5.74, 6) is 1.88. The molecule has 2 N–H and O–H groups in total. The predicted octanol–water partition coefficient (Wildman–Crippen LogP) is 3.84. The van der Waals surface area contributed by atoms with Gasteiger partial charge in [0.05, 0.1) is 5.69 Å². The molecule has 3 rings (SSSR count). The molecule has 0 radical (unpaired) electrons. The van der Waals surface area contributed by atoms with E-state index in [2.05, 4.69) is 12.0 Å². The summed E-state index contributed by atoms with van der Waals surface area (Å²) >= 11 is 6.32. The topological polar surface area (TPSA) is 43.8 Å². The molecule has 0 aliphatic heterocycles. The van der Waals surface area contributed by atoms with Crippen LogP contribution in [0.4, 0.5) is 5.82 Å². The minimum atomic E-state index is 0.440. The van der Waals surface area contributed by atoms with E-state index in [-0.39, 0.29) is 0 Å². The maximum atomic E-state index is 6.32. The Balaban J connectivity index is 2.16. The molecule has 3 nitrogen and oxygen atoms in total. The summed E-state index contributed by atoms with van der Waals surface area (Å²) in [6, 6.07) is 7.83. The molecule has 0 saturated heterocycles. The summed E-state index contributed by atoms with van der Waals surface area (Å²) in [5, 5.41) is 5.35. The van der Waals surface area contributed by atoms with Crippen molar-refractivity contribution in [3.05, 3.63) is 35.0 Å². The lowest BCUT2D eigenvalue weighted by atomic mass is 9.94. The molecule has 0 bridgehead atoms. The number of aryl methyl sites for hydroxylation is 1. The summed E-state index contributed by atoms with van der Waals surface area (Å²) in [5.41, 5.74) is 9.27. The Bertz CT molecular complexity index is 614. The number of halogens is 1. The number of benzene rings is 1. The molecule has 100 valence electrons. The van der Waals surface area contributed by atoms with Crippen molar-refractivity contribution in [1.29, 1.82) is 0 Å². The Kier molecular flexibility index (Phi) is 3.02. The Labute approximate surface area is 118 Å². The van der Waals surface area contributed by atoms with Gasteiger partial charge in [-0.15, -0.1) is 0 Å². The average Bonchev–Trinajstić information content (AvgIpc) is 3.19. The van der Waals surface area contributed by atoms with Crippen molar-refractivity contribution in [3.8, 4) is 11.1 Å². The average molecular weight is 276 g/mol. The predicted molar refractivity (Wildman–Crippen MR) is 79.2 cm³/mol. The number of nitrogens with zero attached hydrogens (tertiary/aromatic N) is 2. The van der Waals surface area contributed by atoms with Crippen LogP contribution >= 0.6 is 11.6 Å². The molecule has 1 heterocycles. The molecule has 1 unspecified atom stereocenters. The molecular weight excluding hydrogens is 258 g/mol. The molecule has 0 amide bonds. The zero-order valence-electron chi connectivity index (χ0n) is 11.2. The van der Waals surface area contributed by atoms with Gasteiger partial charge in [-0.25, -0.2) is 0 Å². The Hall–Kier alpha value is -1.48. The lowest BCUT2D eigenvalue weighted by Crippen LogP contribution is -2.00. The number of nitrogens with two attached hydrogens (primary N) is 1. The standard InChI is InChI=1S/C15H18ClN3/c1-9(10-7-8-10)14-13(15(17)19(2)18-14)11-5-3-4-6-12(11)16/h3-6,9-10H,7-8,17H2,1-2H3. The van der Waals surface area contributed by atoms with Gasteiger partial charge in [-0.05, 0) is 24.8 Å². The Morgan fingerprint density at radius 2 is 2.05 bits per heavy atom. The van der Waals surface area contributed by atoms with E-state index in [1.807, 2.05) is 31.3 Å². The molecule has 1 aliphatic rings. The number of aromatic nitrogens is 2. The second kappa shape index (κ2) is 4.57. The van der Waals surface area contributed by atoms with Crippen molar-refractivity contribution in [2.45, 2.75) is 25.7 Å². The number of hydrogen-bond acceptors (Lipinski definition) is 2. The van der Waals surface area contributed by atoms with Crippen molar-refractivity contribution in [2.75, 3.05) is 5.73 Å². The molecule has 1 aliphatic carbocycles. The Morgan fingerprint density at radius 3 is 2.68 bits per heavy atom. The summed E-state index contributed by atoms with van der Waals surface area (Å²) in [4.78, 5) is 0. The van der Waals surface area contributed by atoms with Gasteiger partial charge < -0.3 is 5.73 Å². The fourth-order valence-electron chi connectivity index (χ4n) is 2.64. The normalized spacial score (nSPS) is 16.6. The third kappa shape index (κ3) is 2.12.